The molecule has 11 heteroatoms. The number of nitrogens with zero attached hydrogens (tertiary/aromatic N) is 3. The third kappa shape index (κ3) is 5.63. The van der Waals surface area contributed by atoms with Crippen LogP contribution in [0.3, 0.4) is 0 Å². The number of hydrogen-bond acceptors (Lipinski definition) is 9. The van der Waals surface area contributed by atoms with E-state index in [9.17, 15) is 19.7 Å². The predicted molar refractivity (Wildman–Crippen MR) is 91.4 cm³/mol. The number of ether oxygens (including phenoxy) is 3. The molecule has 1 N–H and O–H groups in total. The van der Waals surface area contributed by atoms with Crippen LogP contribution in [0.1, 0.15) is 6.92 Å². The molecule has 2 aromatic rings. The SMILES string of the molecule is COc1cc(OCC(=O)OC(C)C(=O)Nc2ncccn2)ccc1[N+](=O)[O-]. The van der Waals surface area contributed by atoms with Crippen LogP contribution in [-0.2, 0) is 14.3 Å². The summed E-state index contributed by atoms with van der Waals surface area (Å²) >= 11 is 0. The summed E-state index contributed by atoms with van der Waals surface area (Å²) in [7, 11) is 1.27. The van der Waals surface area contributed by atoms with Crippen LogP contribution in [0.4, 0.5) is 11.6 Å². The van der Waals surface area contributed by atoms with Crippen LogP contribution in [0.5, 0.6) is 11.5 Å². The van der Waals surface area contributed by atoms with Crippen molar-refractivity contribution in [1.29, 1.82) is 0 Å². The number of nitro groups is 1. The van der Waals surface area contributed by atoms with E-state index in [1.165, 1.54) is 44.6 Å². The van der Waals surface area contributed by atoms with Crippen molar-refractivity contribution in [1.82, 2.24) is 9.97 Å². The molecular formula is C16H16N4O7. The fraction of sp³-hybridized carbons (Fsp3) is 0.250. The number of carbonyl (C=O) groups excluding carboxylic acids is 2. The lowest BCUT2D eigenvalue weighted by atomic mass is 10.3. The lowest BCUT2D eigenvalue weighted by molar-refractivity contribution is -0.385. The molecule has 1 amide bonds. The fourth-order valence-corrected chi connectivity index (χ4v) is 1.90. The van der Waals surface area contributed by atoms with Crippen LogP contribution in [0, 0.1) is 10.1 Å². The predicted octanol–water partition coefficient (Wildman–Crippen LogP) is 1.34. The Morgan fingerprint density at radius 2 is 2.00 bits per heavy atom. The second-order valence-corrected chi connectivity index (χ2v) is 5.07. The second kappa shape index (κ2) is 9.08. The van der Waals surface area contributed by atoms with Crippen molar-refractivity contribution in [3.8, 4) is 11.5 Å². The van der Waals surface area contributed by atoms with E-state index < -0.39 is 29.5 Å². The topological polar surface area (TPSA) is 143 Å². The van der Waals surface area contributed by atoms with Gasteiger partial charge in [0.25, 0.3) is 5.91 Å². The molecule has 1 unspecified atom stereocenters. The highest BCUT2D eigenvalue weighted by Crippen LogP contribution is 2.30. The number of methoxy groups -OCH3 is 1. The number of hydrogen-bond donors (Lipinski definition) is 1. The van der Waals surface area contributed by atoms with Gasteiger partial charge >= 0.3 is 11.7 Å². The molecule has 11 nitrogen and oxygen atoms in total. The standard InChI is InChI=1S/C16H16N4O7/c1-10(15(22)19-16-17-6-3-7-18-16)27-14(21)9-26-11-4-5-12(20(23)24)13(8-11)25-2/h3-8,10H,9H2,1-2H3,(H,17,18,19,22). The van der Waals surface area contributed by atoms with E-state index in [4.69, 9.17) is 14.2 Å². The molecule has 0 saturated carbocycles. The van der Waals surface area contributed by atoms with Crippen molar-refractivity contribution in [2.75, 3.05) is 19.0 Å². The molecule has 0 aliphatic heterocycles. The maximum Gasteiger partial charge on any atom is 0.344 e. The van der Waals surface area contributed by atoms with E-state index in [2.05, 4.69) is 15.3 Å². The molecule has 1 heterocycles. The first-order valence-corrected chi connectivity index (χ1v) is 7.63. The van der Waals surface area contributed by atoms with Gasteiger partial charge in [-0.3, -0.25) is 20.2 Å². The number of rotatable bonds is 8. The number of nitro benzene ring substituents is 1. The summed E-state index contributed by atoms with van der Waals surface area (Å²) in [5, 5.41) is 13.2. The maximum atomic E-state index is 11.9. The van der Waals surface area contributed by atoms with Crippen LogP contribution < -0.4 is 14.8 Å². The van der Waals surface area contributed by atoms with Gasteiger partial charge in [0.2, 0.25) is 11.7 Å². The van der Waals surface area contributed by atoms with Gasteiger partial charge in [-0.25, -0.2) is 14.8 Å². The second-order valence-electron chi connectivity index (χ2n) is 5.07. The Labute approximate surface area is 153 Å². The molecule has 0 spiro atoms. The Bertz CT molecular complexity index is 829. The largest absolute Gasteiger partial charge is 0.490 e. The highest BCUT2D eigenvalue weighted by Gasteiger charge is 2.20. The molecule has 0 bridgehead atoms. The van der Waals surface area contributed by atoms with Crippen LogP contribution >= 0.6 is 0 Å². The van der Waals surface area contributed by atoms with Crippen LogP contribution in [0.2, 0.25) is 0 Å². The number of nitrogens with one attached hydrogen (secondary N) is 1. The van der Waals surface area contributed by atoms with Gasteiger partial charge in [-0.15, -0.1) is 0 Å². The molecule has 27 heavy (non-hydrogen) atoms. The highest BCUT2D eigenvalue weighted by molar-refractivity contribution is 5.93. The fourth-order valence-electron chi connectivity index (χ4n) is 1.90. The average Bonchev–Trinajstić information content (AvgIpc) is 2.66. The Hall–Kier alpha value is -3.76. The quantitative estimate of drug-likeness (QED) is 0.410. The summed E-state index contributed by atoms with van der Waals surface area (Å²) in [6.07, 6.45) is 1.80. The zero-order valence-electron chi connectivity index (χ0n) is 14.4. The van der Waals surface area contributed by atoms with E-state index in [0.717, 1.165) is 0 Å². The zero-order chi connectivity index (χ0) is 19.8. The Balaban J connectivity index is 1.86. The zero-order valence-corrected chi connectivity index (χ0v) is 14.4. The van der Waals surface area contributed by atoms with Crippen molar-refractivity contribution in [3.63, 3.8) is 0 Å². The molecule has 142 valence electrons. The van der Waals surface area contributed by atoms with E-state index >= 15 is 0 Å². The highest BCUT2D eigenvalue weighted by atomic mass is 16.6. The number of esters is 1. The Kier molecular flexibility index (Phi) is 6.58. The van der Waals surface area contributed by atoms with Crippen LogP contribution in [-0.4, -0.2) is 46.6 Å². The minimum Gasteiger partial charge on any atom is -0.490 e. The average molecular weight is 376 g/mol. The van der Waals surface area contributed by atoms with Crippen molar-refractivity contribution >= 4 is 23.5 Å². The molecule has 0 aliphatic carbocycles. The lowest BCUT2D eigenvalue weighted by Gasteiger charge is -2.13. The van der Waals surface area contributed by atoms with Crippen LogP contribution in [0.15, 0.2) is 36.7 Å². The molecule has 1 aromatic heterocycles. The number of aromatic nitrogens is 2. The van der Waals surface area contributed by atoms with E-state index in [1.54, 1.807) is 6.07 Å². The van der Waals surface area contributed by atoms with Crippen molar-refractivity contribution in [3.05, 3.63) is 46.8 Å². The third-order valence-corrected chi connectivity index (χ3v) is 3.18. The van der Waals surface area contributed by atoms with E-state index in [1.807, 2.05) is 0 Å². The van der Waals surface area contributed by atoms with Crippen LogP contribution in [0.25, 0.3) is 0 Å². The molecular weight excluding hydrogens is 360 g/mol. The van der Waals surface area contributed by atoms with Gasteiger partial charge in [-0.2, -0.15) is 0 Å². The van der Waals surface area contributed by atoms with Gasteiger partial charge in [0.05, 0.1) is 12.0 Å². The molecule has 0 saturated heterocycles. The smallest absolute Gasteiger partial charge is 0.344 e. The minimum atomic E-state index is -1.10. The summed E-state index contributed by atoms with van der Waals surface area (Å²) in [5.41, 5.74) is -0.235. The van der Waals surface area contributed by atoms with Gasteiger partial charge < -0.3 is 14.2 Å². The van der Waals surface area contributed by atoms with Crippen molar-refractivity contribution in [2.45, 2.75) is 13.0 Å². The summed E-state index contributed by atoms with van der Waals surface area (Å²) in [5.74, 6) is -1.17. The number of anilines is 1. The molecule has 0 fully saturated rings. The van der Waals surface area contributed by atoms with E-state index in [-0.39, 0.29) is 23.1 Å². The van der Waals surface area contributed by atoms with Gasteiger partial charge in [-0.1, -0.05) is 0 Å². The number of carbonyl (C=O) groups is 2. The van der Waals surface area contributed by atoms with Crippen molar-refractivity contribution in [2.24, 2.45) is 0 Å². The van der Waals surface area contributed by atoms with Crippen molar-refractivity contribution < 1.29 is 28.7 Å². The molecule has 0 aliphatic rings. The van der Waals surface area contributed by atoms with E-state index in [0.29, 0.717) is 0 Å². The summed E-state index contributed by atoms with van der Waals surface area (Å²) < 4.78 is 15.1. The molecule has 1 atom stereocenters. The molecule has 1 aromatic carbocycles. The third-order valence-electron chi connectivity index (χ3n) is 3.18. The summed E-state index contributed by atoms with van der Waals surface area (Å²) in [6, 6.07) is 5.37. The molecule has 0 radical (unpaired) electrons. The lowest BCUT2D eigenvalue weighted by Crippen LogP contribution is -2.32. The normalized spacial score (nSPS) is 11.2. The Morgan fingerprint density at radius 3 is 2.63 bits per heavy atom. The number of benzene rings is 1. The summed E-state index contributed by atoms with van der Waals surface area (Å²) in [4.78, 5) is 41.6. The summed E-state index contributed by atoms with van der Waals surface area (Å²) in [6.45, 7) is 0.880. The first kappa shape index (κ1) is 19.6. The van der Waals surface area contributed by atoms with Gasteiger partial charge in [0, 0.05) is 24.5 Å². The Morgan fingerprint density at radius 1 is 1.30 bits per heavy atom. The monoisotopic (exact) mass is 376 g/mol. The maximum absolute atomic E-state index is 11.9. The van der Waals surface area contributed by atoms with Gasteiger partial charge in [-0.05, 0) is 19.1 Å². The first-order valence-electron chi connectivity index (χ1n) is 7.63. The number of amides is 1. The van der Waals surface area contributed by atoms with Gasteiger partial charge in [0.1, 0.15) is 5.75 Å². The first-order chi connectivity index (χ1) is 12.9. The minimum absolute atomic E-state index is 0.0125. The molecule has 2 rings (SSSR count). The van der Waals surface area contributed by atoms with Gasteiger partial charge in [0.15, 0.2) is 12.7 Å².